The van der Waals surface area contributed by atoms with Crippen LogP contribution in [-0.2, 0) is 9.53 Å². The Labute approximate surface area is 107 Å². The van der Waals surface area contributed by atoms with Crippen molar-refractivity contribution in [2.45, 2.75) is 24.9 Å². The number of ether oxygens (including phenoxy) is 1. The van der Waals surface area contributed by atoms with E-state index in [1.54, 1.807) is 7.11 Å². The number of hydrogen-bond donors (Lipinski definition) is 1. The number of nitrogens with zero attached hydrogens (tertiary/aromatic N) is 1. The van der Waals surface area contributed by atoms with Crippen LogP contribution in [0.25, 0.3) is 0 Å². The summed E-state index contributed by atoms with van der Waals surface area (Å²) in [5, 5.41) is 9.49. The highest BCUT2D eigenvalue weighted by atomic mass is 16.5. The summed E-state index contributed by atoms with van der Waals surface area (Å²) in [5.41, 5.74) is 0.841. The Bertz CT molecular complexity index is 389. The van der Waals surface area contributed by atoms with Gasteiger partial charge in [0.15, 0.2) is 0 Å². The minimum atomic E-state index is -0.788. The van der Waals surface area contributed by atoms with Gasteiger partial charge in [-0.25, -0.2) is 0 Å². The molecule has 1 atom stereocenters. The Hall–Kier alpha value is -1.39. The molecule has 4 nitrogen and oxygen atoms in total. The molecule has 0 heterocycles. The summed E-state index contributed by atoms with van der Waals surface area (Å²) in [5.74, 6) is -0.788. The Morgan fingerprint density at radius 2 is 2.11 bits per heavy atom. The molecule has 98 valence electrons. The molecule has 2 rings (SSSR count). The third-order valence-electron chi connectivity index (χ3n) is 3.25. The van der Waals surface area contributed by atoms with Gasteiger partial charge in [0.2, 0.25) is 0 Å². The third-order valence-corrected chi connectivity index (χ3v) is 3.25. The molecule has 1 aliphatic carbocycles. The lowest BCUT2D eigenvalue weighted by atomic mass is 10.1. The van der Waals surface area contributed by atoms with Crippen LogP contribution in [0.3, 0.4) is 0 Å². The number of hydrogen-bond acceptors (Lipinski definition) is 3. The summed E-state index contributed by atoms with van der Waals surface area (Å²) in [6, 6.07) is 9.25. The molecule has 1 aromatic rings. The number of methoxy groups -OCH3 is 1. The summed E-state index contributed by atoms with van der Waals surface area (Å²) < 4.78 is 5.08. The van der Waals surface area contributed by atoms with Crippen molar-refractivity contribution in [2.75, 3.05) is 20.3 Å². The maximum Gasteiger partial charge on any atom is 0.325 e. The molecule has 1 unspecified atom stereocenters. The number of rotatable bonds is 7. The summed E-state index contributed by atoms with van der Waals surface area (Å²) in [7, 11) is 1.64. The summed E-state index contributed by atoms with van der Waals surface area (Å²) in [6.45, 7) is 1.22. The van der Waals surface area contributed by atoms with Gasteiger partial charge in [0.05, 0.1) is 6.61 Å². The Morgan fingerprint density at radius 1 is 1.44 bits per heavy atom. The minimum Gasteiger partial charge on any atom is -0.480 e. The smallest absolute Gasteiger partial charge is 0.325 e. The molecule has 1 aliphatic rings. The van der Waals surface area contributed by atoms with E-state index in [9.17, 15) is 9.90 Å². The average molecular weight is 249 g/mol. The first kappa shape index (κ1) is 13.1. The van der Waals surface area contributed by atoms with Gasteiger partial charge in [0.1, 0.15) is 6.04 Å². The third kappa shape index (κ3) is 3.09. The van der Waals surface area contributed by atoms with Gasteiger partial charge in [-0.15, -0.1) is 0 Å². The van der Waals surface area contributed by atoms with Crippen molar-refractivity contribution in [2.24, 2.45) is 0 Å². The lowest BCUT2D eigenvalue weighted by molar-refractivity contribution is -0.144. The summed E-state index contributed by atoms with van der Waals surface area (Å²) in [6.07, 6.45) is 2.17. The molecule has 1 N–H and O–H groups in total. The number of aliphatic carboxylic acids is 1. The van der Waals surface area contributed by atoms with Crippen LogP contribution >= 0.6 is 0 Å². The van der Waals surface area contributed by atoms with Crippen LogP contribution in [0.5, 0.6) is 0 Å². The molecule has 0 bridgehead atoms. The van der Waals surface area contributed by atoms with Crippen LogP contribution in [0, 0.1) is 0 Å². The zero-order chi connectivity index (χ0) is 13.0. The van der Waals surface area contributed by atoms with Gasteiger partial charge >= 0.3 is 5.97 Å². The second kappa shape index (κ2) is 5.98. The van der Waals surface area contributed by atoms with Gasteiger partial charge in [-0.3, -0.25) is 9.69 Å². The van der Waals surface area contributed by atoms with Crippen molar-refractivity contribution in [3.05, 3.63) is 35.9 Å². The van der Waals surface area contributed by atoms with E-state index in [-0.39, 0.29) is 0 Å². The lowest BCUT2D eigenvalue weighted by Crippen LogP contribution is -2.38. The number of benzene rings is 1. The molecule has 0 aromatic heterocycles. The first-order valence-electron chi connectivity index (χ1n) is 6.26. The molecule has 0 aliphatic heterocycles. The van der Waals surface area contributed by atoms with E-state index in [0.29, 0.717) is 19.2 Å². The van der Waals surface area contributed by atoms with Crippen molar-refractivity contribution in [1.29, 1.82) is 0 Å². The van der Waals surface area contributed by atoms with Crippen molar-refractivity contribution in [1.82, 2.24) is 4.90 Å². The van der Waals surface area contributed by atoms with Gasteiger partial charge in [-0.1, -0.05) is 30.3 Å². The molecular formula is C14H19NO3. The topological polar surface area (TPSA) is 49.8 Å². The van der Waals surface area contributed by atoms with Crippen LogP contribution in [0.15, 0.2) is 30.3 Å². The zero-order valence-electron chi connectivity index (χ0n) is 10.6. The van der Waals surface area contributed by atoms with Crippen LogP contribution in [0.4, 0.5) is 0 Å². The molecule has 1 fully saturated rings. The monoisotopic (exact) mass is 249 g/mol. The van der Waals surface area contributed by atoms with Crippen LogP contribution in [-0.4, -0.2) is 42.3 Å². The van der Waals surface area contributed by atoms with E-state index < -0.39 is 12.0 Å². The fourth-order valence-corrected chi connectivity index (χ4v) is 2.24. The summed E-state index contributed by atoms with van der Waals surface area (Å²) in [4.78, 5) is 13.6. The number of carboxylic acids is 1. The molecular weight excluding hydrogens is 230 g/mol. The zero-order valence-corrected chi connectivity index (χ0v) is 10.6. The molecule has 4 heteroatoms. The normalized spacial score (nSPS) is 16.8. The predicted molar refractivity (Wildman–Crippen MR) is 68.4 cm³/mol. The molecule has 0 amide bonds. The Morgan fingerprint density at radius 3 is 2.61 bits per heavy atom. The van der Waals surface area contributed by atoms with Crippen molar-refractivity contribution >= 4 is 5.97 Å². The lowest BCUT2D eigenvalue weighted by Gasteiger charge is -2.28. The standard InChI is InChI=1S/C14H19NO3/c1-18-10-9-15(12-7-8-12)13(14(16)17)11-5-3-2-4-6-11/h2-6,12-13H,7-10H2,1H3,(H,16,17). The van der Waals surface area contributed by atoms with E-state index in [0.717, 1.165) is 18.4 Å². The fraction of sp³-hybridized carbons (Fsp3) is 0.500. The highest BCUT2D eigenvalue weighted by Gasteiger charge is 2.37. The highest BCUT2D eigenvalue weighted by molar-refractivity contribution is 5.75. The van der Waals surface area contributed by atoms with Crippen molar-refractivity contribution in [3.8, 4) is 0 Å². The van der Waals surface area contributed by atoms with Crippen molar-refractivity contribution in [3.63, 3.8) is 0 Å². The van der Waals surface area contributed by atoms with Crippen LogP contribution < -0.4 is 0 Å². The fourth-order valence-electron chi connectivity index (χ4n) is 2.24. The second-order valence-corrected chi connectivity index (χ2v) is 4.61. The van der Waals surface area contributed by atoms with Crippen LogP contribution in [0.2, 0.25) is 0 Å². The minimum absolute atomic E-state index is 0.390. The SMILES string of the molecule is COCCN(C1CC1)C(C(=O)O)c1ccccc1. The van der Waals surface area contributed by atoms with Gasteiger partial charge in [-0.2, -0.15) is 0 Å². The molecule has 1 aromatic carbocycles. The number of carboxylic acid groups (broad SMARTS) is 1. The van der Waals surface area contributed by atoms with E-state index in [1.807, 2.05) is 35.2 Å². The maximum atomic E-state index is 11.6. The predicted octanol–water partition coefficient (Wildman–Crippen LogP) is 1.92. The highest BCUT2D eigenvalue weighted by Crippen LogP contribution is 2.34. The largest absolute Gasteiger partial charge is 0.480 e. The average Bonchev–Trinajstić information content (AvgIpc) is 3.19. The number of carbonyl (C=O) groups is 1. The van der Waals surface area contributed by atoms with E-state index in [2.05, 4.69) is 0 Å². The van der Waals surface area contributed by atoms with E-state index in [1.165, 1.54) is 0 Å². The van der Waals surface area contributed by atoms with Gasteiger partial charge in [0, 0.05) is 19.7 Å². The van der Waals surface area contributed by atoms with Gasteiger partial charge in [0.25, 0.3) is 0 Å². The molecule has 0 saturated heterocycles. The second-order valence-electron chi connectivity index (χ2n) is 4.61. The van der Waals surface area contributed by atoms with E-state index in [4.69, 9.17) is 4.74 Å². The first-order valence-corrected chi connectivity index (χ1v) is 6.26. The molecule has 0 spiro atoms. The first-order chi connectivity index (χ1) is 8.74. The van der Waals surface area contributed by atoms with Gasteiger partial charge < -0.3 is 9.84 Å². The molecule has 1 saturated carbocycles. The molecule has 0 radical (unpaired) electrons. The van der Waals surface area contributed by atoms with E-state index >= 15 is 0 Å². The summed E-state index contributed by atoms with van der Waals surface area (Å²) >= 11 is 0. The quantitative estimate of drug-likeness (QED) is 0.802. The maximum absolute atomic E-state index is 11.6. The van der Waals surface area contributed by atoms with Crippen molar-refractivity contribution < 1.29 is 14.6 Å². The Balaban J connectivity index is 2.19. The molecule has 18 heavy (non-hydrogen) atoms. The van der Waals surface area contributed by atoms with Gasteiger partial charge in [-0.05, 0) is 18.4 Å². The Kier molecular flexibility index (Phi) is 4.33. The van der Waals surface area contributed by atoms with Crippen LogP contribution in [0.1, 0.15) is 24.4 Å².